The van der Waals surface area contributed by atoms with Gasteiger partial charge in [-0.25, -0.2) is 4.98 Å². The third kappa shape index (κ3) is 5.31. The lowest BCUT2D eigenvalue weighted by atomic mass is 9.99. The van der Waals surface area contributed by atoms with Crippen molar-refractivity contribution < 1.29 is 18.0 Å². The quantitative estimate of drug-likeness (QED) is 0.365. The first-order valence-electron chi connectivity index (χ1n) is 12.9. The van der Waals surface area contributed by atoms with Gasteiger partial charge in [0, 0.05) is 60.6 Å². The number of pyridine rings is 2. The van der Waals surface area contributed by atoms with Crippen LogP contribution in [-0.4, -0.2) is 53.6 Å². The van der Waals surface area contributed by atoms with Crippen LogP contribution >= 0.6 is 0 Å². The molecule has 1 aliphatic rings. The van der Waals surface area contributed by atoms with Crippen LogP contribution in [0.3, 0.4) is 0 Å². The highest BCUT2D eigenvalue weighted by molar-refractivity contribution is 6.04. The number of nitrogens with zero attached hydrogens (tertiary/aromatic N) is 4. The summed E-state index contributed by atoms with van der Waals surface area (Å²) in [5.41, 5.74) is 1.76. The number of halogens is 3. The standard InChI is InChI=1S/C30H30F3N5O2/c1-18-8-9-22(35-28(39)19-6-5-7-21(12-19)30(31,32)33)14-24(18)25-13-20-16-34-27(15-26(20)37(4)29(25)40)38-11-10-23(17-38)36(2)3/h5-9,12-16,23H,10-11,17H2,1-4H3,(H,35,39). The van der Waals surface area contributed by atoms with E-state index >= 15 is 0 Å². The predicted molar refractivity (Wildman–Crippen MR) is 151 cm³/mol. The van der Waals surface area contributed by atoms with E-state index in [2.05, 4.69) is 34.2 Å². The van der Waals surface area contributed by atoms with Gasteiger partial charge in [0.25, 0.3) is 11.5 Å². The first kappa shape index (κ1) is 27.4. The molecule has 1 aliphatic heterocycles. The first-order chi connectivity index (χ1) is 18.9. The van der Waals surface area contributed by atoms with Crippen molar-refractivity contribution in [1.82, 2.24) is 14.5 Å². The number of amides is 1. The Hall–Kier alpha value is -4.18. The van der Waals surface area contributed by atoms with Gasteiger partial charge in [-0.3, -0.25) is 9.59 Å². The molecule has 40 heavy (non-hydrogen) atoms. The Morgan fingerprint density at radius 2 is 1.85 bits per heavy atom. The van der Waals surface area contributed by atoms with Crippen LogP contribution in [0, 0.1) is 6.92 Å². The fourth-order valence-electron chi connectivity index (χ4n) is 5.12. The number of aryl methyl sites for hydroxylation is 2. The Kier molecular flexibility index (Phi) is 7.14. The van der Waals surface area contributed by atoms with Gasteiger partial charge in [0.05, 0.1) is 11.1 Å². The van der Waals surface area contributed by atoms with E-state index in [1.54, 1.807) is 42.1 Å². The summed E-state index contributed by atoms with van der Waals surface area (Å²) in [6.07, 6.45) is -1.74. The monoisotopic (exact) mass is 549 g/mol. The van der Waals surface area contributed by atoms with Gasteiger partial charge in [-0.2, -0.15) is 13.2 Å². The van der Waals surface area contributed by atoms with Crippen molar-refractivity contribution in [3.8, 4) is 11.1 Å². The predicted octanol–water partition coefficient (Wildman–Crippen LogP) is 5.32. The number of aromatic nitrogens is 2. The summed E-state index contributed by atoms with van der Waals surface area (Å²) >= 11 is 0. The van der Waals surface area contributed by atoms with Crippen LogP contribution in [0.2, 0.25) is 0 Å². The molecule has 1 atom stereocenters. The Morgan fingerprint density at radius 1 is 1.07 bits per heavy atom. The molecule has 0 radical (unpaired) electrons. The molecule has 1 saturated heterocycles. The molecule has 3 heterocycles. The Balaban J connectivity index is 1.46. The fourth-order valence-corrected chi connectivity index (χ4v) is 5.12. The van der Waals surface area contributed by atoms with E-state index in [1.807, 2.05) is 13.0 Å². The number of carbonyl (C=O) groups excluding carboxylic acids is 1. The average molecular weight is 550 g/mol. The maximum absolute atomic E-state index is 13.5. The molecule has 0 aliphatic carbocycles. The molecule has 10 heteroatoms. The normalized spacial score (nSPS) is 15.7. The largest absolute Gasteiger partial charge is 0.416 e. The van der Waals surface area contributed by atoms with Gasteiger partial charge in [-0.1, -0.05) is 12.1 Å². The molecule has 5 rings (SSSR count). The van der Waals surface area contributed by atoms with Crippen LogP contribution < -0.4 is 15.8 Å². The second-order valence-electron chi connectivity index (χ2n) is 10.4. The Morgan fingerprint density at radius 3 is 2.55 bits per heavy atom. The van der Waals surface area contributed by atoms with Crippen molar-refractivity contribution >= 4 is 28.3 Å². The minimum atomic E-state index is -4.55. The molecule has 0 spiro atoms. The molecule has 1 fully saturated rings. The number of anilines is 2. The molecule has 208 valence electrons. The van der Waals surface area contributed by atoms with Gasteiger partial charge in [0.1, 0.15) is 5.82 Å². The lowest BCUT2D eigenvalue weighted by molar-refractivity contribution is -0.137. The summed E-state index contributed by atoms with van der Waals surface area (Å²) in [6, 6.07) is 13.5. The van der Waals surface area contributed by atoms with Crippen LogP contribution in [0.15, 0.2) is 65.6 Å². The van der Waals surface area contributed by atoms with Crippen LogP contribution in [0.5, 0.6) is 0 Å². The molecule has 2 aromatic heterocycles. The molecule has 1 amide bonds. The highest BCUT2D eigenvalue weighted by Crippen LogP contribution is 2.31. The number of likely N-dealkylation sites (N-methyl/N-ethyl adjacent to an activating group) is 1. The Labute approximate surface area is 229 Å². The topological polar surface area (TPSA) is 70.5 Å². The van der Waals surface area contributed by atoms with Gasteiger partial charge >= 0.3 is 6.18 Å². The lowest BCUT2D eigenvalue weighted by Gasteiger charge is -2.21. The van der Waals surface area contributed by atoms with E-state index in [4.69, 9.17) is 0 Å². The number of fused-ring (bicyclic) bond motifs is 1. The van der Waals surface area contributed by atoms with Gasteiger partial charge in [-0.15, -0.1) is 0 Å². The molecule has 4 aromatic rings. The zero-order chi connectivity index (χ0) is 28.8. The number of nitrogens with one attached hydrogen (secondary N) is 1. The Bertz CT molecular complexity index is 1660. The molecule has 1 unspecified atom stereocenters. The summed E-state index contributed by atoms with van der Waals surface area (Å²) in [6.45, 7) is 3.62. The second kappa shape index (κ2) is 10.4. The van der Waals surface area contributed by atoms with E-state index in [0.717, 1.165) is 53.9 Å². The van der Waals surface area contributed by atoms with Gasteiger partial charge in [-0.05, 0) is 75.0 Å². The summed E-state index contributed by atoms with van der Waals surface area (Å²) in [5.74, 6) is 0.151. The molecule has 1 N–H and O–H groups in total. The third-order valence-electron chi connectivity index (χ3n) is 7.55. The average Bonchev–Trinajstić information content (AvgIpc) is 3.42. The maximum Gasteiger partial charge on any atom is 0.416 e. The van der Waals surface area contributed by atoms with Crippen LogP contribution in [0.4, 0.5) is 24.7 Å². The zero-order valence-corrected chi connectivity index (χ0v) is 22.7. The zero-order valence-electron chi connectivity index (χ0n) is 22.7. The lowest BCUT2D eigenvalue weighted by Crippen LogP contribution is -2.31. The minimum Gasteiger partial charge on any atom is -0.355 e. The van der Waals surface area contributed by atoms with Gasteiger partial charge in [0.15, 0.2) is 0 Å². The van der Waals surface area contributed by atoms with Gasteiger partial charge in [0.2, 0.25) is 0 Å². The van der Waals surface area contributed by atoms with Crippen molar-refractivity contribution in [2.75, 3.05) is 37.4 Å². The van der Waals surface area contributed by atoms with Crippen molar-refractivity contribution in [2.45, 2.75) is 25.6 Å². The summed E-state index contributed by atoms with van der Waals surface area (Å²) in [7, 11) is 5.86. The highest BCUT2D eigenvalue weighted by atomic mass is 19.4. The number of rotatable bonds is 5. The number of alkyl halides is 3. The van der Waals surface area contributed by atoms with Gasteiger partial charge < -0.3 is 19.7 Å². The number of carbonyl (C=O) groups is 1. The molecule has 0 saturated carbocycles. The molecular formula is C30H30F3N5O2. The van der Waals surface area contributed by atoms with Crippen molar-refractivity contribution in [1.29, 1.82) is 0 Å². The van der Waals surface area contributed by atoms with E-state index in [1.165, 1.54) is 12.1 Å². The number of benzene rings is 2. The maximum atomic E-state index is 13.5. The molecule has 0 bridgehead atoms. The van der Waals surface area contributed by atoms with E-state index in [9.17, 15) is 22.8 Å². The summed E-state index contributed by atoms with van der Waals surface area (Å²) in [4.78, 5) is 35.4. The fraction of sp³-hybridized carbons (Fsp3) is 0.300. The molecule has 7 nitrogen and oxygen atoms in total. The van der Waals surface area contributed by atoms with Crippen molar-refractivity contribution in [3.05, 3.63) is 87.8 Å². The van der Waals surface area contributed by atoms with Crippen molar-refractivity contribution in [3.63, 3.8) is 0 Å². The smallest absolute Gasteiger partial charge is 0.355 e. The van der Waals surface area contributed by atoms with Crippen LogP contribution in [-0.2, 0) is 13.2 Å². The minimum absolute atomic E-state index is 0.115. The van der Waals surface area contributed by atoms with E-state index < -0.39 is 17.6 Å². The third-order valence-corrected chi connectivity index (χ3v) is 7.55. The van der Waals surface area contributed by atoms with E-state index in [0.29, 0.717) is 22.9 Å². The number of hydrogen-bond acceptors (Lipinski definition) is 5. The number of hydrogen-bond donors (Lipinski definition) is 1. The summed E-state index contributed by atoms with van der Waals surface area (Å²) in [5, 5.41) is 3.45. The van der Waals surface area contributed by atoms with Crippen molar-refractivity contribution in [2.24, 2.45) is 7.05 Å². The highest BCUT2D eigenvalue weighted by Gasteiger charge is 2.31. The van der Waals surface area contributed by atoms with E-state index in [-0.39, 0.29) is 11.1 Å². The molecular weight excluding hydrogens is 519 g/mol. The SMILES string of the molecule is Cc1ccc(NC(=O)c2cccc(C(F)(F)F)c2)cc1-c1cc2cnc(N3CCC(N(C)C)C3)cc2n(C)c1=O. The summed E-state index contributed by atoms with van der Waals surface area (Å²) < 4.78 is 40.9. The first-order valence-corrected chi connectivity index (χ1v) is 12.9. The molecule has 2 aromatic carbocycles. The van der Waals surface area contributed by atoms with Crippen LogP contribution in [0.25, 0.3) is 22.0 Å². The second-order valence-corrected chi connectivity index (χ2v) is 10.4. The van der Waals surface area contributed by atoms with Crippen LogP contribution in [0.1, 0.15) is 27.9 Å².